The Kier molecular flexibility index (Phi) is 2.94. The molecular formula is C5H5BrIN3O2. The van der Waals surface area contributed by atoms with Crippen LogP contribution in [0.3, 0.4) is 0 Å². The van der Waals surface area contributed by atoms with Crippen molar-refractivity contribution < 1.29 is 9.53 Å². The Morgan fingerprint density at radius 1 is 1.83 bits per heavy atom. The molecule has 0 aliphatic rings. The number of nitrogens with two attached hydrogens (primary N) is 1. The molecule has 1 aromatic heterocycles. The molecule has 0 radical (unpaired) electrons. The van der Waals surface area contributed by atoms with E-state index in [1.165, 1.54) is 9.89 Å². The van der Waals surface area contributed by atoms with E-state index in [-0.39, 0.29) is 11.5 Å². The maximum Gasteiger partial charge on any atom is 0.359 e. The lowest BCUT2D eigenvalue weighted by Gasteiger charge is -1.98. The van der Waals surface area contributed by atoms with Crippen LogP contribution in [-0.4, -0.2) is 20.8 Å². The fraction of sp³-hybridized carbons (Fsp3) is 0.200. The van der Waals surface area contributed by atoms with Crippen molar-refractivity contribution in [3.8, 4) is 0 Å². The third-order valence-electron chi connectivity index (χ3n) is 1.19. The van der Waals surface area contributed by atoms with Crippen molar-refractivity contribution in [3.05, 3.63) is 10.4 Å². The van der Waals surface area contributed by atoms with Crippen LogP contribution >= 0.6 is 38.8 Å². The molecule has 0 saturated heterocycles. The van der Waals surface area contributed by atoms with E-state index < -0.39 is 5.97 Å². The van der Waals surface area contributed by atoms with Gasteiger partial charge in [0.25, 0.3) is 0 Å². The Bertz CT molecular complexity index is 325. The molecule has 0 aromatic carbocycles. The number of ether oxygens (including phenoxy) is 1. The fourth-order valence-electron chi connectivity index (χ4n) is 0.670. The van der Waals surface area contributed by atoms with E-state index in [4.69, 9.17) is 5.73 Å². The maximum absolute atomic E-state index is 11.1. The number of hydrogen-bond acceptors (Lipinski definition) is 4. The first-order valence-electron chi connectivity index (χ1n) is 2.86. The van der Waals surface area contributed by atoms with Gasteiger partial charge in [0, 0.05) is 0 Å². The topological polar surface area (TPSA) is 70.1 Å². The van der Waals surface area contributed by atoms with Crippen molar-refractivity contribution in [1.29, 1.82) is 0 Å². The summed E-state index contributed by atoms with van der Waals surface area (Å²) in [5.74, 6) is -0.344. The molecular weight excluding hydrogens is 341 g/mol. The molecule has 7 heteroatoms. The Balaban J connectivity index is 3.22. The molecule has 0 atom stereocenters. The molecule has 0 fully saturated rings. The summed E-state index contributed by atoms with van der Waals surface area (Å²) in [5, 5.41) is 0. The zero-order valence-electron chi connectivity index (χ0n) is 6.04. The van der Waals surface area contributed by atoms with E-state index in [2.05, 4.69) is 25.7 Å². The second-order valence-electron chi connectivity index (χ2n) is 1.89. The number of anilines is 1. The second kappa shape index (κ2) is 3.60. The minimum Gasteiger partial charge on any atom is -0.464 e. The minimum absolute atomic E-state index is 0.156. The zero-order chi connectivity index (χ0) is 9.30. The molecule has 0 aliphatic carbocycles. The van der Waals surface area contributed by atoms with Gasteiger partial charge in [-0.2, -0.15) is 0 Å². The van der Waals surface area contributed by atoms with Crippen LogP contribution in [0.25, 0.3) is 0 Å². The molecule has 12 heavy (non-hydrogen) atoms. The second-order valence-corrected chi connectivity index (χ2v) is 3.56. The van der Waals surface area contributed by atoms with Crippen LogP contribution in [0.2, 0.25) is 0 Å². The highest BCUT2D eigenvalue weighted by atomic mass is 127. The van der Waals surface area contributed by atoms with Crippen molar-refractivity contribution in [3.63, 3.8) is 0 Å². The van der Waals surface area contributed by atoms with E-state index in [0.717, 1.165) is 0 Å². The Morgan fingerprint density at radius 3 is 2.75 bits per heavy atom. The van der Waals surface area contributed by atoms with Gasteiger partial charge in [-0.05, 0) is 15.9 Å². The van der Waals surface area contributed by atoms with E-state index in [0.29, 0.717) is 4.73 Å². The highest BCUT2D eigenvalue weighted by Gasteiger charge is 2.19. The van der Waals surface area contributed by atoms with Gasteiger partial charge in [-0.1, -0.05) is 0 Å². The number of carbonyl (C=O) groups is 1. The Morgan fingerprint density at radius 2 is 2.42 bits per heavy atom. The van der Waals surface area contributed by atoms with E-state index in [1.54, 1.807) is 0 Å². The molecule has 5 nitrogen and oxygen atoms in total. The number of aromatic nitrogens is 2. The van der Waals surface area contributed by atoms with Gasteiger partial charge in [0.2, 0.25) is 0 Å². The van der Waals surface area contributed by atoms with Gasteiger partial charge in [0.1, 0.15) is 0 Å². The lowest BCUT2D eigenvalue weighted by molar-refractivity contribution is 0.0595. The van der Waals surface area contributed by atoms with Crippen molar-refractivity contribution in [2.24, 2.45) is 0 Å². The first-order chi connectivity index (χ1) is 5.57. The van der Waals surface area contributed by atoms with Crippen molar-refractivity contribution in [2.75, 3.05) is 12.8 Å². The Hall–Kier alpha value is -0.310. The van der Waals surface area contributed by atoms with Crippen LogP contribution in [0.5, 0.6) is 0 Å². The molecule has 1 heterocycles. The summed E-state index contributed by atoms with van der Waals surface area (Å²) in [7, 11) is 1.29. The number of imidazole rings is 1. The standard InChI is InChI=1S/C5H5BrIN3O2/c1-12-4(11)2-3(8)9-5(6)10(2)7/h8H2,1H3. The highest BCUT2D eigenvalue weighted by molar-refractivity contribution is 14.1. The summed E-state index contributed by atoms with van der Waals surface area (Å²) in [6.45, 7) is 0. The number of nitrogen functional groups attached to an aromatic ring is 1. The SMILES string of the molecule is COC(=O)c1c(N)nc(Br)n1I. The third-order valence-corrected chi connectivity index (χ3v) is 3.33. The molecule has 0 amide bonds. The molecule has 0 unspecified atom stereocenters. The maximum atomic E-state index is 11.1. The first kappa shape index (κ1) is 9.78. The van der Waals surface area contributed by atoms with Crippen molar-refractivity contribution >= 4 is 50.6 Å². The molecule has 1 aromatic rings. The summed E-state index contributed by atoms with van der Waals surface area (Å²) in [6.07, 6.45) is 0. The largest absolute Gasteiger partial charge is 0.464 e. The van der Waals surface area contributed by atoms with Gasteiger partial charge in [-0.25, -0.2) is 9.78 Å². The predicted molar refractivity (Wildman–Crippen MR) is 55.1 cm³/mol. The van der Waals surface area contributed by atoms with Crippen molar-refractivity contribution in [2.45, 2.75) is 0 Å². The summed E-state index contributed by atoms with van der Waals surface area (Å²) in [4.78, 5) is 14.9. The molecule has 0 spiro atoms. The number of rotatable bonds is 1. The van der Waals surface area contributed by atoms with Crippen LogP contribution in [0.4, 0.5) is 5.82 Å². The molecule has 2 N–H and O–H groups in total. The van der Waals surface area contributed by atoms with Crippen LogP contribution < -0.4 is 5.73 Å². The lowest BCUT2D eigenvalue weighted by Crippen LogP contribution is -2.07. The van der Waals surface area contributed by atoms with Gasteiger partial charge >= 0.3 is 5.97 Å². The normalized spacial score (nSPS) is 9.92. The molecule has 66 valence electrons. The average Bonchev–Trinajstić information content (AvgIpc) is 2.26. The van der Waals surface area contributed by atoms with Gasteiger partial charge in [-0.15, -0.1) is 0 Å². The van der Waals surface area contributed by atoms with Gasteiger partial charge < -0.3 is 10.5 Å². The van der Waals surface area contributed by atoms with Gasteiger partial charge in [-0.3, -0.25) is 2.78 Å². The minimum atomic E-state index is -0.500. The average molecular weight is 346 g/mol. The monoisotopic (exact) mass is 345 g/mol. The van der Waals surface area contributed by atoms with E-state index in [9.17, 15) is 4.79 Å². The highest BCUT2D eigenvalue weighted by Crippen LogP contribution is 2.21. The summed E-state index contributed by atoms with van der Waals surface area (Å²) >= 11 is 5.01. The number of methoxy groups -OCH3 is 1. The quantitative estimate of drug-likeness (QED) is 0.613. The van der Waals surface area contributed by atoms with Crippen molar-refractivity contribution in [1.82, 2.24) is 7.76 Å². The number of hydrogen-bond donors (Lipinski definition) is 1. The molecule has 0 bridgehead atoms. The van der Waals surface area contributed by atoms with Crippen LogP contribution in [0, 0.1) is 0 Å². The molecule has 0 aliphatic heterocycles. The summed E-state index contributed by atoms with van der Waals surface area (Å²) in [6, 6.07) is 0. The number of halogens is 2. The van der Waals surface area contributed by atoms with E-state index >= 15 is 0 Å². The van der Waals surface area contributed by atoms with Crippen LogP contribution in [0.1, 0.15) is 10.5 Å². The first-order valence-corrected chi connectivity index (χ1v) is 4.62. The smallest absolute Gasteiger partial charge is 0.359 e. The summed E-state index contributed by atoms with van der Waals surface area (Å²) in [5.41, 5.74) is 5.69. The molecule has 0 saturated carbocycles. The lowest BCUT2D eigenvalue weighted by atomic mass is 10.4. The number of carbonyl (C=O) groups excluding carboxylic acids is 1. The van der Waals surface area contributed by atoms with Crippen LogP contribution in [0.15, 0.2) is 4.73 Å². The zero-order valence-corrected chi connectivity index (χ0v) is 9.79. The summed E-state index contributed by atoms with van der Waals surface area (Å²) < 4.78 is 6.48. The van der Waals surface area contributed by atoms with Gasteiger partial charge in [0.05, 0.1) is 30.0 Å². The fourth-order valence-corrected chi connectivity index (χ4v) is 1.59. The molecule has 1 rings (SSSR count). The predicted octanol–water partition coefficient (Wildman–Crippen LogP) is 1.21. The number of esters is 1. The van der Waals surface area contributed by atoms with Gasteiger partial charge in [0.15, 0.2) is 16.2 Å². The van der Waals surface area contributed by atoms with E-state index in [1.807, 2.05) is 22.9 Å². The third kappa shape index (κ3) is 1.56. The van der Waals surface area contributed by atoms with Crippen LogP contribution in [-0.2, 0) is 4.74 Å². The number of nitrogens with zero attached hydrogens (tertiary/aromatic N) is 2. The Labute approximate surface area is 90.9 Å².